The van der Waals surface area contributed by atoms with E-state index in [4.69, 9.17) is 34.3 Å². The lowest BCUT2D eigenvalue weighted by Gasteiger charge is -2.34. The normalized spacial score (nSPS) is 13.9. The van der Waals surface area contributed by atoms with Crippen molar-refractivity contribution >= 4 is 23.4 Å². The minimum absolute atomic E-state index is 0.189. The Morgan fingerprint density at radius 2 is 1.59 bits per heavy atom. The lowest BCUT2D eigenvalue weighted by atomic mass is 9.96. The van der Waals surface area contributed by atoms with Crippen molar-refractivity contribution in [3.63, 3.8) is 0 Å². The van der Waals surface area contributed by atoms with Crippen LogP contribution < -0.4 is 24.0 Å². The number of benzene rings is 2. The number of hydrogen-bond donors (Lipinski definition) is 2. The number of amides is 1. The van der Waals surface area contributed by atoms with E-state index in [0.29, 0.717) is 54.9 Å². The van der Waals surface area contributed by atoms with E-state index in [1.54, 1.807) is 38.2 Å². The first-order chi connectivity index (χ1) is 26.2. The molecule has 0 saturated carbocycles. The highest BCUT2D eigenvalue weighted by Gasteiger charge is 2.27. The van der Waals surface area contributed by atoms with E-state index in [1.807, 2.05) is 61.5 Å². The summed E-state index contributed by atoms with van der Waals surface area (Å²) in [5, 5.41) is 25.9. The summed E-state index contributed by atoms with van der Waals surface area (Å²) in [6.07, 6.45) is 4.90. The number of hydrogen-bond acceptors (Lipinski definition) is 11. The maximum Gasteiger partial charge on any atom is 0.407 e. The molecule has 1 fully saturated rings. The summed E-state index contributed by atoms with van der Waals surface area (Å²) in [7, 11) is 4.91. The quantitative estimate of drug-likeness (QED) is 0.112. The standard InChI is InChI=1S/C40H50N8O6/c1-6-7-20-54-39-43-38(47(25-28-8-12-32(52-4)13-9-28)26-29-10-14-33(53-5)15-11-29)37-42-23-34(48(37)44-39)35(49)31-21-27(2)36(41-22-31)46-18-16-30(17-19-46)24-45(3)40(50)51/h8-15,21-23,30,35,49H,6-7,16-20,24-26H2,1-5H3,(H,50,51). The van der Waals surface area contributed by atoms with Gasteiger partial charge in [0.1, 0.15) is 23.4 Å². The number of anilines is 2. The van der Waals surface area contributed by atoms with Gasteiger partial charge < -0.3 is 39.1 Å². The number of carbonyl (C=O) groups is 1. The molecule has 0 aliphatic carbocycles. The molecule has 14 heteroatoms. The molecule has 1 aliphatic rings. The Labute approximate surface area is 316 Å². The molecule has 2 aromatic carbocycles. The van der Waals surface area contributed by atoms with E-state index in [2.05, 4.69) is 16.7 Å². The van der Waals surface area contributed by atoms with E-state index in [1.165, 1.54) is 4.90 Å². The van der Waals surface area contributed by atoms with Gasteiger partial charge in [-0.15, -0.1) is 5.10 Å². The zero-order valence-corrected chi connectivity index (χ0v) is 31.7. The second-order valence-electron chi connectivity index (χ2n) is 13.8. The number of rotatable bonds is 16. The van der Waals surface area contributed by atoms with Gasteiger partial charge in [0.2, 0.25) is 0 Å². The van der Waals surface area contributed by atoms with Crippen LogP contribution in [0.5, 0.6) is 17.5 Å². The van der Waals surface area contributed by atoms with Gasteiger partial charge >= 0.3 is 12.1 Å². The van der Waals surface area contributed by atoms with Crippen LogP contribution in [-0.4, -0.2) is 93.3 Å². The van der Waals surface area contributed by atoms with Crippen LogP contribution in [0.4, 0.5) is 16.4 Å². The van der Waals surface area contributed by atoms with Crippen molar-refractivity contribution in [1.29, 1.82) is 0 Å². The van der Waals surface area contributed by atoms with Crippen molar-refractivity contribution < 1.29 is 29.2 Å². The predicted octanol–water partition coefficient (Wildman–Crippen LogP) is 6.14. The lowest BCUT2D eigenvalue weighted by Crippen LogP contribution is -2.39. The first-order valence-corrected chi connectivity index (χ1v) is 18.4. The summed E-state index contributed by atoms with van der Waals surface area (Å²) in [6, 6.07) is 18.0. The summed E-state index contributed by atoms with van der Waals surface area (Å²) in [5.41, 5.74) is 4.56. The number of ether oxygens (including phenoxy) is 3. The summed E-state index contributed by atoms with van der Waals surface area (Å²) < 4.78 is 18.5. The van der Waals surface area contributed by atoms with Crippen molar-refractivity contribution in [2.24, 2.45) is 5.92 Å². The zero-order chi connectivity index (χ0) is 38.2. The molecule has 0 spiro atoms. The molecule has 286 valence electrons. The van der Waals surface area contributed by atoms with Crippen LogP contribution >= 0.6 is 0 Å². The average molecular weight is 739 g/mol. The molecular formula is C40H50N8O6. The van der Waals surface area contributed by atoms with E-state index < -0.39 is 12.2 Å². The summed E-state index contributed by atoms with van der Waals surface area (Å²) in [4.78, 5) is 31.5. The average Bonchev–Trinajstić information content (AvgIpc) is 3.62. The fourth-order valence-electron chi connectivity index (χ4n) is 6.77. The van der Waals surface area contributed by atoms with Crippen LogP contribution in [-0.2, 0) is 13.1 Å². The molecule has 2 N–H and O–H groups in total. The van der Waals surface area contributed by atoms with Gasteiger partial charge in [-0.1, -0.05) is 37.6 Å². The number of piperidine rings is 1. The second kappa shape index (κ2) is 17.5. The summed E-state index contributed by atoms with van der Waals surface area (Å²) >= 11 is 0. The van der Waals surface area contributed by atoms with Crippen LogP contribution in [0.1, 0.15) is 66.7 Å². The van der Waals surface area contributed by atoms with Crippen LogP contribution in [0.25, 0.3) is 5.65 Å². The molecule has 0 radical (unpaired) electrons. The van der Waals surface area contributed by atoms with Gasteiger partial charge in [-0.3, -0.25) is 0 Å². The van der Waals surface area contributed by atoms with E-state index in [9.17, 15) is 15.0 Å². The minimum atomic E-state index is -1.08. The Morgan fingerprint density at radius 3 is 2.15 bits per heavy atom. The third-order valence-electron chi connectivity index (χ3n) is 9.89. The van der Waals surface area contributed by atoms with E-state index in [0.717, 1.165) is 72.8 Å². The molecule has 1 atom stereocenters. The van der Waals surface area contributed by atoms with Gasteiger partial charge in [0.05, 0.1) is 32.7 Å². The number of imidazole rings is 1. The van der Waals surface area contributed by atoms with Crippen molar-refractivity contribution in [2.45, 2.75) is 58.7 Å². The second-order valence-corrected chi connectivity index (χ2v) is 13.8. The number of carboxylic acid groups (broad SMARTS) is 1. The number of pyridine rings is 1. The van der Waals surface area contributed by atoms with Crippen LogP contribution in [0.3, 0.4) is 0 Å². The Balaban J connectivity index is 1.31. The fraction of sp³-hybridized carbons (Fsp3) is 0.425. The van der Waals surface area contributed by atoms with Gasteiger partial charge in [-0.25, -0.2) is 19.3 Å². The third kappa shape index (κ3) is 8.93. The molecule has 1 saturated heterocycles. The summed E-state index contributed by atoms with van der Waals surface area (Å²) in [6.45, 7) is 7.63. The number of methoxy groups -OCH3 is 2. The minimum Gasteiger partial charge on any atom is -0.497 e. The number of aliphatic hydroxyl groups excluding tert-OH is 1. The number of aromatic nitrogens is 5. The highest BCUT2D eigenvalue weighted by atomic mass is 16.5. The molecule has 1 amide bonds. The first kappa shape index (κ1) is 38.1. The fourth-order valence-corrected chi connectivity index (χ4v) is 6.77. The van der Waals surface area contributed by atoms with Crippen LogP contribution in [0, 0.1) is 12.8 Å². The van der Waals surface area contributed by atoms with Gasteiger partial charge in [0.25, 0.3) is 0 Å². The van der Waals surface area contributed by atoms with Crippen molar-refractivity contribution in [3.05, 3.63) is 94.9 Å². The number of unbranched alkanes of at least 4 members (excludes halogenated alkanes) is 1. The molecule has 6 rings (SSSR count). The zero-order valence-electron chi connectivity index (χ0n) is 31.7. The van der Waals surface area contributed by atoms with Gasteiger partial charge in [-0.2, -0.15) is 4.98 Å². The topological polar surface area (TPSA) is 151 Å². The van der Waals surface area contributed by atoms with Crippen molar-refractivity contribution in [3.8, 4) is 17.5 Å². The number of fused-ring (bicyclic) bond motifs is 1. The predicted molar refractivity (Wildman–Crippen MR) is 206 cm³/mol. The molecule has 0 bridgehead atoms. The van der Waals surface area contributed by atoms with Crippen LogP contribution in [0.15, 0.2) is 67.0 Å². The Bertz CT molecular complexity index is 1950. The van der Waals surface area contributed by atoms with Crippen molar-refractivity contribution in [1.82, 2.24) is 29.5 Å². The Hall–Kier alpha value is -5.63. The number of nitrogens with zero attached hydrogens (tertiary/aromatic N) is 8. The maximum atomic E-state index is 11.9. The van der Waals surface area contributed by atoms with Gasteiger partial charge in [-0.05, 0) is 79.1 Å². The molecule has 1 aliphatic heterocycles. The SMILES string of the molecule is CCCCOc1nc(N(Cc2ccc(OC)cc2)Cc2ccc(OC)cc2)c2ncc(C(O)c3cnc(N4CCC(CN(C)C(=O)O)CC4)c(C)c3)n2n1. The number of aryl methyl sites for hydroxylation is 1. The van der Waals surface area contributed by atoms with E-state index in [-0.39, 0.29) is 6.01 Å². The highest BCUT2D eigenvalue weighted by Crippen LogP contribution is 2.32. The Morgan fingerprint density at radius 1 is 0.963 bits per heavy atom. The van der Waals surface area contributed by atoms with Gasteiger partial charge in [0.15, 0.2) is 11.5 Å². The van der Waals surface area contributed by atoms with Gasteiger partial charge in [0, 0.05) is 51.5 Å². The van der Waals surface area contributed by atoms with Crippen LogP contribution in [0.2, 0.25) is 0 Å². The largest absolute Gasteiger partial charge is 0.497 e. The molecule has 14 nitrogen and oxygen atoms in total. The molecule has 5 aromatic rings. The molecular weight excluding hydrogens is 688 g/mol. The molecule has 3 aromatic heterocycles. The number of aliphatic hydroxyl groups is 1. The smallest absolute Gasteiger partial charge is 0.407 e. The van der Waals surface area contributed by atoms with Crippen molar-refractivity contribution in [2.75, 3.05) is 57.3 Å². The molecule has 1 unspecified atom stereocenters. The van der Waals surface area contributed by atoms with E-state index >= 15 is 0 Å². The monoisotopic (exact) mass is 738 g/mol. The molecule has 54 heavy (non-hydrogen) atoms. The Kier molecular flexibility index (Phi) is 12.3. The molecule has 4 heterocycles. The summed E-state index contributed by atoms with van der Waals surface area (Å²) in [5.74, 6) is 3.27. The third-order valence-corrected chi connectivity index (χ3v) is 9.89. The highest BCUT2D eigenvalue weighted by molar-refractivity contribution is 5.66. The maximum absolute atomic E-state index is 11.9. The first-order valence-electron chi connectivity index (χ1n) is 18.4. The lowest BCUT2D eigenvalue weighted by molar-refractivity contribution is 0.145.